The number of nitrogens with zero attached hydrogens (tertiary/aromatic N) is 3. The molecule has 1 saturated heterocycles. The average Bonchev–Trinajstić information content (AvgIpc) is 3.53. The Labute approximate surface area is 179 Å². The van der Waals surface area contributed by atoms with E-state index in [0.717, 1.165) is 41.0 Å². The normalized spacial score (nSPS) is 23.4. The zero-order valence-corrected chi connectivity index (χ0v) is 18.6. The minimum Gasteiger partial charge on any atom is -0.368 e. The number of benzene rings is 2. The highest BCUT2D eigenvalue weighted by Crippen LogP contribution is 2.45. The molecule has 3 aliphatic rings. The van der Waals surface area contributed by atoms with Gasteiger partial charge in [-0.1, -0.05) is 18.2 Å². The maximum Gasteiger partial charge on any atom is 0.326 e. The standard InChI is InChI=1S/C21H27N3O4S2/c1-22-21-14-18(6-9-20(21)24(30(22,27)28)15-16-2-3-16)17-4-7-19(8-5-17)23-10-12-29(25,26)13-11-23/h4-9,14,16,25-26H,2-3,10-13,15H2,1H3. The summed E-state index contributed by atoms with van der Waals surface area (Å²) in [7, 11) is -4.27. The van der Waals surface area contributed by atoms with E-state index in [1.165, 1.54) is 4.31 Å². The van der Waals surface area contributed by atoms with Crippen molar-refractivity contribution >= 4 is 37.9 Å². The number of hydrogen-bond donors (Lipinski definition) is 2. The Morgan fingerprint density at radius 2 is 1.57 bits per heavy atom. The first-order chi connectivity index (χ1) is 14.2. The maximum atomic E-state index is 12.8. The van der Waals surface area contributed by atoms with Gasteiger partial charge in [-0.05, 0) is 54.2 Å². The molecular weight excluding hydrogens is 422 g/mol. The lowest BCUT2D eigenvalue weighted by Crippen LogP contribution is -2.38. The summed E-state index contributed by atoms with van der Waals surface area (Å²) in [6.45, 7) is 1.84. The van der Waals surface area contributed by atoms with Crippen molar-refractivity contribution in [3.8, 4) is 11.1 Å². The van der Waals surface area contributed by atoms with E-state index in [4.69, 9.17) is 0 Å². The van der Waals surface area contributed by atoms with Crippen LogP contribution in [0.3, 0.4) is 0 Å². The Bertz CT molecular complexity index is 1060. The van der Waals surface area contributed by atoms with E-state index < -0.39 is 20.8 Å². The SMILES string of the molecule is CN1c2cc(-c3ccc(N4CCS(O)(O)CC4)cc3)ccc2N(CC2CC2)S1(=O)=O. The second-order valence-electron chi connectivity index (χ2n) is 8.40. The summed E-state index contributed by atoms with van der Waals surface area (Å²) in [4.78, 5) is 2.17. The summed E-state index contributed by atoms with van der Waals surface area (Å²) in [5.74, 6) is 1.31. The molecule has 0 unspecified atom stereocenters. The summed E-state index contributed by atoms with van der Waals surface area (Å²) in [6.07, 6.45) is 2.21. The van der Waals surface area contributed by atoms with Gasteiger partial charge in [-0.15, -0.1) is 0 Å². The molecule has 5 rings (SSSR count). The average molecular weight is 450 g/mol. The van der Waals surface area contributed by atoms with Gasteiger partial charge in [-0.2, -0.15) is 19.0 Å². The Morgan fingerprint density at radius 3 is 2.20 bits per heavy atom. The third-order valence-electron chi connectivity index (χ3n) is 6.27. The molecule has 2 fully saturated rings. The first kappa shape index (κ1) is 20.0. The number of anilines is 3. The van der Waals surface area contributed by atoms with Crippen molar-refractivity contribution in [3.63, 3.8) is 0 Å². The summed E-state index contributed by atoms with van der Waals surface area (Å²) in [6, 6.07) is 14.0. The third kappa shape index (κ3) is 3.53. The van der Waals surface area contributed by atoms with E-state index in [1.807, 2.05) is 42.5 Å². The largest absolute Gasteiger partial charge is 0.368 e. The Kier molecular flexibility index (Phi) is 4.70. The fourth-order valence-electron chi connectivity index (χ4n) is 4.14. The van der Waals surface area contributed by atoms with Crippen molar-refractivity contribution in [2.24, 2.45) is 5.92 Å². The molecule has 0 spiro atoms. The monoisotopic (exact) mass is 449 g/mol. The van der Waals surface area contributed by atoms with Gasteiger partial charge in [0.05, 0.1) is 22.9 Å². The summed E-state index contributed by atoms with van der Waals surface area (Å²) < 4.78 is 48.2. The molecule has 0 radical (unpaired) electrons. The molecular formula is C21H27N3O4S2. The summed E-state index contributed by atoms with van der Waals surface area (Å²) in [5.41, 5.74) is 4.54. The minimum absolute atomic E-state index is 0.414. The van der Waals surface area contributed by atoms with Gasteiger partial charge in [0, 0.05) is 32.4 Å². The molecule has 0 aromatic heterocycles. The second kappa shape index (κ2) is 7.05. The molecule has 30 heavy (non-hydrogen) atoms. The van der Waals surface area contributed by atoms with Crippen LogP contribution >= 0.6 is 10.6 Å². The van der Waals surface area contributed by atoms with Gasteiger partial charge in [0.2, 0.25) is 0 Å². The van der Waals surface area contributed by atoms with Crippen molar-refractivity contribution in [1.29, 1.82) is 0 Å². The molecule has 2 aromatic carbocycles. The van der Waals surface area contributed by atoms with Crippen molar-refractivity contribution in [3.05, 3.63) is 42.5 Å². The van der Waals surface area contributed by atoms with Crippen molar-refractivity contribution in [2.75, 3.05) is 51.7 Å². The number of hydrogen-bond acceptors (Lipinski definition) is 5. The van der Waals surface area contributed by atoms with E-state index in [2.05, 4.69) is 4.90 Å². The lowest BCUT2D eigenvalue weighted by Gasteiger charge is -2.41. The molecule has 2 heterocycles. The topological polar surface area (TPSA) is 84.3 Å². The van der Waals surface area contributed by atoms with Crippen LogP contribution in [0.1, 0.15) is 12.8 Å². The molecule has 2 aliphatic heterocycles. The van der Waals surface area contributed by atoms with Gasteiger partial charge >= 0.3 is 10.2 Å². The Hall–Kier alpha value is -1.94. The van der Waals surface area contributed by atoms with Gasteiger partial charge in [0.1, 0.15) is 0 Å². The van der Waals surface area contributed by atoms with Crippen LogP contribution in [0.2, 0.25) is 0 Å². The Balaban J connectivity index is 1.39. The minimum atomic E-state index is -3.49. The molecule has 9 heteroatoms. The van der Waals surface area contributed by atoms with E-state index >= 15 is 0 Å². The zero-order chi connectivity index (χ0) is 21.1. The first-order valence-corrected chi connectivity index (χ1v) is 13.5. The van der Waals surface area contributed by atoms with E-state index in [-0.39, 0.29) is 0 Å². The quantitative estimate of drug-likeness (QED) is 0.741. The predicted molar refractivity (Wildman–Crippen MR) is 124 cm³/mol. The lowest BCUT2D eigenvalue weighted by atomic mass is 10.0. The highest BCUT2D eigenvalue weighted by molar-refractivity contribution is 8.24. The molecule has 2 aromatic rings. The molecule has 1 aliphatic carbocycles. The second-order valence-corrected chi connectivity index (χ2v) is 12.7. The molecule has 162 valence electrons. The highest BCUT2D eigenvalue weighted by atomic mass is 32.3. The van der Waals surface area contributed by atoms with Crippen molar-refractivity contribution in [1.82, 2.24) is 0 Å². The summed E-state index contributed by atoms with van der Waals surface area (Å²) in [5, 5.41) is 0. The number of fused-ring (bicyclic) bond motifs is 1. The van der Waals surface area contributed by atoms with Gasteiger partial charge in [-0.25, -0.2) is 0 Å². The van der Waals surface area contributed by atoms with Gasteiger partial charge in [0.25, 0.3) is 0 Å². The van der Waals surface area contributed by atoms with Crippen LogP contribution in [0.5, 0.6) is 0 Å². The van der Waals surface area contributed by atoms with Crippen LogP contribution < -0.4 is 13.5 Å². The molecule has 7 nitrogen and oxygen atoms in total. The highest BCUT2D eigenvalue weighted by Gasteiger charge is 2.40. The molecule has 0 bridgehead atoms. The van der Waals surface area contributed by atoms with Crippen LogP contribution in [-0.2, 0) is 10.2 Å². The maximum absolute atomic E-state index is 12.8. The van der Waals surface area contributed by atoms with Crippen molar-refractivity contribution < 1.29 is 17.5 Å². The van der Waals surface area contributed by atoms with Crippen LogP contribution in [0.15, 0.2) is 42.5 Å². The smallest absolute Gasteiger partial charge is 0.326 e. The number of rotatable bonds is 4. The predicted octanol–water partition coefficient (Wildman–Crippen LogP) is 3.84. The van der Waals surface area contributed by atoms with E-state index in [0.29, 0.717) is 37.1 Å². The Morgan fingerprint density at radius 1 is 0.933 bits per heavy atom. The molecule has 0 atom stereocenters. The van der Waals surface area contributed by atoms with Crippen LogP contribution in [0.25, 0.3) is 11.1 Å². The molecule has 2 N–H and O–H groups in total. The van der Waals surface area contributed by atoms with Gasteiger partial charge in [-0.3, -0.25) is 17.7 Å². The van der Waals surface area contributed by atoms with Gasteiger partial charge in [0.15, 0.2) is 0 Å². The zero-order valence-electron chi connectivity index (χ0n) is 16.9. The van der Waals surface area contributed by atoms with Crippen LogP contribution in [0.4, 0.5) is 17.1 Å². The molecule has 0 amide bonds. The first-order valence-electron chi connectivity index (χ1n) is 10.2. The third-order valence-corrected chi connectivity index (χ3v) is 9.74. The van der Waals surface area contributed by atoms with Crippen LogP contribution in [0, 0.1) is 5.92 Å². The summed E-state index contributed by atoms with van der Waals surface area (Å²) >= 11 is 0. The van der Waals surface area contributed by atoms with E-state index in [9.17, 15) is 17.5 Å². The van der Waals surface area contributed by atoms with Crippen molar-refractivity contribution in [2.45, 2.75) is 12.8 Å². The molecule has 1 saturated carbocycles. The van der Waals surface area contributed by atoms with E-state index in [1.54, 1.807) is 11.4 Å². The lowest BCUT2D eigenvalue weighted by molar-refractivity contribution is 0.479. The fraction of sp³-hybridized carbons (Fsp3) is 0.429. The fourth-order valence-corrected chi connectivity index (χ4v) is 6.86. The van der Waals surface area contributed by atoms with Gasteiger partial charge < -0.3 is 4.90 Å². The van der Waals surface area contributed by atoms with Crippen LogP contribution in [-0.4, -0.2) is 55.7 Å².